The van der Waals surface area contributed by atoms with Crippen LogP contribution in [-0.4, -0.2) is 15.7 Å². The monoisotopic (exact) mass is 119 g/mol. The summed E-state index contributed by atoms with van der Waals surface area (Å²) in [6.45, 7) is 0. The first-order valence-electron chi connectivity index (χ1n) is 2.33. The zero-order valence-electron chi connectivity index (χ0n) is 4.31. The van der Waals surface area contributed by atoms with Gasteiger partial charge in [0.05, 0.1) is 0 Å². The van der Waals surface area contributed by atoms with E-state index in [1.807, 2.05) is 0 Å². The van der Waals surface area contributed by atoms with Crippen LogP contribution in [0.4, 0.5) is 0 Å². The van der Waals surface area contributed by atoms with E-state index in [-0.39, 0.29) is 5.25 Å². The maximum absolute atomic E-state index is 10.6. The van der Waals surface area contributed by atoms with Crippen molar-refractivity contribution < 1.29 is 4.21 Å². The van der Waals surface area contributed by atoms with Gasteiger partial charge in [-0.05, 0) is 12.8 Å². The average Bonchev–Trinajstić information content (AvgIpc) is 1.99. The van der Waals surface area contributed by atoms with Crippen molar-refractivity contribution in [1.29, 1.82) is 4.78 Å². The third-order valence-corrected chi connectivity index (χ3v) is 2.90. The summed E-state index contributed by atoms with van der Waals surface area (Å²) >= 11 is 0. The summed E-state index contributed by atoms with van der Waals surface area (Å²) in [6, 6.07) is 0. The van der Waals surface area contributed by atoms with E-state index in [1.54, 1.807) is 0 Å². The van der Waals surface area contributed by atoms with E-state index in [4.69, 9.17) is 4.78 Å². The topological polar surface area (TPSA) is 40.9 Å². The molecule has 42 valence electrons. The molecule has 1 aliphatic carbocycles. The standard InChI is InChI=1S/C4H9NOS/c1-7(5,6)4-2-3-4/h4-5H,2-3H2,1H3/t7-/m0/s1. The van der Waals surface area contributed by atoms with E-state index >= 15 is 0 Å². The lowest BCUT2D eigenvalue weighted by molar-refractivity contribution is 0.678. The quantitative estimate of drug-likeness (QED) is 0.545. The highest BCUT2D eigenvalue weighted by molar-refractivity contribution is 7.92. The Kier molecular flexibility index (Phi) is 0.885. The first-order valence-corrected chi connectivity index (χ1v) is 4.36. The van der Waals surface area contributed by atoms with Gasteiger partial charge in [0, 0.05) is 21.2 Å². The van der Waals surface area contributed by atoms with Crippen LogP contribution in [0.25, 0.3) is 0 Å². The van der Waals surface area contributed by atoms with Crippen molar-refractivity contribution in [2.24, 2.45) is 0 Å². The lowest BCUT2D eigenvalue weighted by atomic mass is 11.0. The molecule has 1 saturated carbocycles. The number of hydrogen-bond donors (Lipinski definition) is 1. The van der Waals surface area contributed by atoms with Crippen molar-refractivity contribution in [2.45, 2.75) is 18.1 Å². The minimum atomic E-state index is -2.13. The van der Waals surface area contributed by atoms with Crippen LogP contribution in [0.15, 0.2) is 0 Å². The number of hydrogen-bond acceptors (Lipinski definition) is 2. The van der Waals surface area contributed by atoms with Gasteiger partial charge in [-0.3, -0.25) is 4.78 Å². The molecule has 2 nitrogen and oxygen atoms in total. The summed E-state index contributed by atoms with van der Waals surface area (Å²) in [5.74, 6) is 0. The van der Waals surface area contributed by atoms with Crippen molar-refractivity contribution >= 4 is 9.73 Å². The lowest BCUT2D eigenvalue weighted by Gasteiger charge is -1.89. The predicted molar refractivity (Wildman–Crippen MR) is 29.8 cm³/mol. The molecular weight excluding hydrogens is 110 g/mol. The largest absolute Gasteiger partial charge is 0.253 e. The SMILES string of the molecule is C[S@](=N)(=O)C1CC1. The highest BCUT2D eigenvalue weighted by Gasteiger charge is 2.28. The fourth-order valence-corrected chi connectivity index (χ4v) is 1.55. The lowest BCUT2D eigenvalue weighted by Crippen LogP contribution is -1.98. The minimum Gasteiger partial charge on any atom is -0.253 e. The van der Waals surface area contributed by atoms with Gasteiger partial charge in [0.2, 0.25) is 0 Å². The molecule has 0 aromatic carbocycles. The molecule has 0 spiro atoms. The first kappa shape index (κ1) is 5.09. The smallest absolute Gasteiger partial charge is 0.0441 e. The molecule has 1 atom stereocenters. The zero-order chi connectivity index (χ0) is 5.49. The molecule has 1 rings (SSSR count). The number of rotatable bonds is 1. The molecular formula is C4H9NOS. The summed E-state index contributed by atoms with van der Waals surface area (Å²) in [6.07, 6.45) is 3.54. The van der Waals surface area contributed by atoms with E-state index in [1.165, 1.54) is 6.26 Å². The van der Waals surface area contributed by atoms with Crippen LogP contribution in [0.5, 0.6) is 0 Å². The Labute approximate surface area is 43.9 Å². The normalized spacial score (nSPS) is 29.3. The van der Waals surface area contributed by atoms with Gasteiger partial charge in [0.1, 0.15) is 0 Å². The highest BCUT2D eigenvalue weighted by Crippen LogP contribution is 2.27. The summed E-state index contributed by atoms with van der Waals surface area (Å²) in [5.41, 5.74) is 0. The van der Waals surface area contributed by atoms with Crippen molar-refractivity contribution in [3.05, 3.63) is 0 Å². The van der Waals surface area contributed by atoms with E-state index < -0.39 is 9.73 Å². The van der Waals surface area contributed by atoms with Crippen LogP contribution in [-0.2, 0) is 9.73 Å². The molecule has 0 saturated heterocycles. The van der Waals surface area contributed by atoms with Gasteiger partial charge < -0.3 is 0 Å². The molecule has 0 amide bonds. The predicted octanol–water partition coefficient (Wildman–Crippen LogP) is 0.825. The van der Waals surface area contributed by atoms with Crippen molar-refractivity contribution in [2.75, 3.05) is 6.26 Å². The van der Waals surface area contributed by atoms with E-state index in [0.29, 0.717) is 0 Å². The van der Waals surface area contributed by atoms with Gasteiger partial charge in [-0.25, -0.2) is 4.21 Å². The second-order valence-corrected chi connectivity index (χ2v) is 4.58. The van der Waals surface area contributed by atoms with Gasteiger partial charge in [-0.1, -0.05) is 0 Å². The van der Waals surface area contributed by atoms with E-state index in [2.05, 4.69) is 0 Å². The fraction of sp³-hybridized carbons (Fsp3) is 1.00. The fourth-order valence-electron chi connectivity index (χ4n) is 0.518. The van der Waals surface area contributed by atoms with Gasteiger partial charge in [-0.2, -0.15) is 0 Å². The molecule has 0 aliphatic heterocycles. The van der Waals surface area contributed by atoms with Crippen LogP contribution in [0.1, 0.15) is 12.8 Å². The molecule has 0 aromatic heterocycles. The third-order valence-electron chi connectivity index (χ3n) is 1.16. The Morgan fingerprint density at radius 1 is 1.71 bits per heavy atom. The van der Waals surface area contributed by atoms with Crippen LogP contribution in [0.2, 0.25) is 0 Å². The Balaban J connectivity index is 2.71. The second-order valence-electron chi connectivity index (χ2n) is 2.10. The molecule has 1 fully saturated rings. The molecule has 1 aliphatic rings. The van der Waals surface area contributed by atoms with Crippen molar-refractivity contribution in [1.82, 2.24) is 0 Å². The van der Waals surface area contributed by atoms with Crippen LogP contribution in [0.3, 0.4) is 0 Å². The average molecular weight is 119 g/mol. The third kappa shape index (κ3) is 1.16. The minimum absolute atomic E-state index is 0.243. The molecule has 0 aromatic rings. The molecule has 3 heteroatoms. The molecule has 0 heterocycles. The van der Waals surface area contributed by atoms with Crippen LogP contribution >= 0.6 is 0 Å². The van der Waals surface area contributed by atoms with Crippen LogP contribution < -0.4 is 0 Å². The molecule has 0 radical (unpaired) electrons. The first-order chi connectivity index (χ1) is 3.11. The van der Waals surface area contributed by atoms with Gasteiger partial charge in [-0.15, -0.1) is 0 Å². The number of nitrogens with one attached hydrogen (secondary N) is 1. The summed E-state index contributed by atoms with van der Waals surface area (Å²) in [5, 5.41) is 0.243. The van der Waals surface area contributed by atoms with Crippen molar-refractivity contribution in [3.63, 3.8) is 0 Å². The van der Waals surface area contributed by atoms with Gasteiger partial charge in [0.25, 0.3) is 0 Å². The Bertz CT molecular complexity index is 155. The summed E-state index contributed by atoms with van der Waals surface area (Å²) in [7, 11) is -2.13. The van der Waals surface area contributed by atoms with Crippen LogP contribution in [0, 0.1) is 4.78 Å². The molecule has 7 heavy (non-hydrogen) atoms. The van der Waals surface area contributed by atoms with E-state index in [0.717, 1.165) is 12.8 Å². The molecule has 0 unspecified atom stereocenters. The highest BCUT2D eigenvalue weighted by atomic mass is 32.2. The Hall–Kier alpha value is -0.0500. The van der Waals surface area contributed by atoms with E-state index in [9.17, 15) is 4.21 Å². The summed E-state index contributed by atoms with van der Waals surface area (Å²) in [4.78, 5) is 0. The zero-order valence-corrected chi connectivity index (χ0v) is 5.12. The molecule has 0 bridgehead atoms. The second kappa shape index (κ2) is 1.22. The maximum atomic E-state index is 10.6. The maximum Gasteiger partial charge on any atom is 0.0441 e. The van der Waals surface area contributed by atoms with Gasteiger partial charge >= 0.3 is 0 Å². The molecule has 1 N–H and O–H groups in total. The van der Waals surface area contributed by atoms with Crippen molar-refractivity contribution in [3.8, 4) is 0 Å². The Morgan fingerprint density at radius 2 is 2.14 bits per heavy atom. The summed E-state index contributed by atoms with van der Waals surface area (Å²) < 4.78 is 17.6. The Morgan fingerprint density at radius 3 is 2.14 bits per heavy atom. The van der Waals surface area contributed by atoms with Gasteiger partial charge in [0.15, 0.2) is 0 Å².